The predicted molar refractivity (Wildman–Crippen MR) is 25.6 cm³/mol. The van der Waals surface area contributed by atoms with Crippen LogP contribution in [0.25, 0.3) is 0 Å². The minimum absolute atomic E-state index is 0. The van der Waals surface area contributed by atoms with E-state index in [2.05, 4.69) is 0 Å². The molecule has 0 heterocycles. The number of nitrogens with zero attached hydrogens (tertiary/aromatic N) is 2. The van der Waals surface area contributed by atoms with E-state index < -0.39 is 0 Å². The van der Waals surface area contributed by atoms with Crippen LogP contribution < -0.4 is 0 Å². The molecule has 0 bridgehead atoms. The van der Waals surface area contributed by atoms with Crippen LogP contribution in [0.3, 0.4) is 0 Å². The Labute approximate surface area is 63.0 Å². The van der Waals surface area contributed by atoms with Crippen molar-refractivity contribution in [1.82, 2.24) is 0 Å². The van der Waals surface area contributed by atoms with Gasteiger partial charge in [-0.2, -0.15) is 0 Å². The fourth-order valence-corrected chi connectivity index (χ4v) is 0. The van der Waals surface area contributed by atoms with Gasteiger partial charge in [-0.15, -0.1) is 10.7 Å². The average molecular weight is 234 g/mol. The van der Waals surface area contributed by atoms with Gasteiger partial charge in [0.05, 0.1) is 0 Å². The minimum Gasteiger partial charge on any atom is -0.444 e. The zero-order chi connectivity index (χ0) is 5.41. The molecule has 0 saturated heterocycles. The summed E-state index contributed by atoms with van der Waals surface area (Å²) in [6, 6.07) is 0. The van der Waals surface area contributed by atoms with Crippen LogP contribution in [0.5, 0.6) is 0 Å². The quantitative estimate of drug-likeness (QED) is 0.293. The third-order valence-corrected chi connectivity index (χ3v) is 0. The van der Waals surface area contributed by atoms with Gasteiger partial charge >= 0.3 is 20.4 Å². The van der Waals surface area contributed by atoms with Crippen LogP contribution in [0.4, 0.5) is 0 Å². The molecule has 0 fully saturated rings. The standard InChI is InChI=1S/2HNO2.2H2O.Pd/c2*2-1-3;;;/h2*(H,2,3);2*1H2;/q;;;;+2/p-2. The first-order chi connectivity index (χ1) is 2.83. The monoisotopic (exact) mass is 234 g/mol. The number of hydrogen-bond donors (Lipinski definition) is 0. The molecule has 0 saturated carbocycles. The Balaban J connectivity index is -0.00000000889. The van der Waals surface area contributed by atoms with Gasteiger partial charge < -0.3 is 31.2 Å². The van der Waals surface area contributed by atoms with Gasteiger partial charge in [0.25, 0.3) is 0 Å². The first kappa shape index (κ1) is 39.9. The van der Waals surface area contributed by atoms with Gasteiger partial charge in [-0.25, -0.2) is 0 Å². The van der Waals surface area contributed by atoms with Crippen LogP contribution in [0.1, 0.15) is 0 Å². The molecule has 0 radical (unpaired) electrons. The van der Waals surface area contributed by atoms with Crippen molar-refractivity contribution in [2.24, 2.45) is 10.7 Å². The van der Waals surface area contributed by atoms with Gasteiger partial charge in [0.15, 0.2) is 0 Å². The Morgan fingerprint density at radius 2 is 0.889 bits per heavy atom. The fourth-order valence-electron chi connectivity index (χ4n) is 0. The second-order valence-electron chi connectivity index (χ2n) is 0.149. The fraction of sp³-hybridized carbons (Fsp3) is 0. The molecule has 0 rings (SSSR count). The van der Waals surface area contributed by atoms with E-state index in [-0.39, 0.29) is 31.4 Å². The number of hydrogen-bond acceptors (Lipinski definition) is 6. The topological polar surface area (TPSA) is 168 Å². The third-order valence-electron chi connectivity index (χ3n) is 0. The van der Waals surface area contributed by atoms with Crippen molar-refractivity contribution in [3.8, 4) is 0 Å². The van der Waals surface area contributed by atoms with Crippen molar-refractivity contribution < 1.29 is 31.4 Å². The van der Waals surface area contributed by atoms with Crippen molar-refractivity contribution in [1.29, 1.82) is 0 Å². The predicted octanol–water partition coefficient (Wildman–Crippen LogP) is -1.15. The zero-order valence-electron chi connectivity index (χ0n) is 3.84. The smallest absolute Gasteiger partial charge is 0.444 e. The van der Waals surface area contributed by atoms with Crippen LogP contribution in [-0.2, 0) is 20.4 Å². The van der Waals surface area contributed by atoms with E-state index in [4.69, 9.17) is 20.2 Å². The summed E-state index contributed by atoms with van der Waals surface area (Å²) in [5.41, 5.74) is 0. The van der Waals surface area contributed by atoms with E-state index >= 15 is 0 Å². The molecule has 0 aromatic carbocycles. The second-order valence-corrected chi connectivity index (χ2v) is 0.149. The van der Waals surface area contributed by atoms with Crippen molar-refractivity contribution in [2.75, 3.05) is 0 Å². The van der Waals surface area contributed by atoms with E-state index in [1.165, 1.54) is 0 Å². The van der Waals surface area contributed by atoms with Gasteiger partial charge in [-0.3, -0.25) is 0 Å². The molecule has 0 atom stereocenters. The van der Waals surface area contributed by atoms with E-state index in [9.17, 15) is 0 Å². The minimum atomic E-state index is 0. The van der Waals surface area contributed by atoms with Crippen molar-refractivity contribution in [2.45, 2.75) is 0 Å². The zero-order valence-corrected chi connectivity index (χ0v) is 5.40. The molecule has 0 unspecified atom stereocenters. The SMILES string of the molecule is O.O.O=N[O-].O=N[O-].[Pd+2]. The molecule has 8 nitrogen and oxygen atoms in total. The molecule has 0 amide bonds. The molecule has 0 spiro atoms. The first-order valence-corrected chi connectivity index (χ1v) is 0.730. The third kappa shape index (κ3) is 561. The molecule has 4 N–H and O–H groups in total. The molecule has 9 heavy (non-hydrogen) atoms. The summed E-state index contributed by atoms with van der Waals surface area (Å²) >= 11 is 0. The first-order valence-electron chi connectivity index (χ1n) is 0.730. The Morgan fingerprint density at radius 1 is 0.889 bits per heavy atom. The average Bonchev–Trinajstić information content (AvgIpc) is 1.39. The summed E-state index contributed by atoms with van der Waals surface area (Å²) in [7, 11) is 0. The van der Waals surface area contributed by atoms with Gasteiger partial charge in [-0.05, 0) is 0 Å². The van der Waals surface area contributed by atoms with Crippen LogP contribution >= 0.6 is 0 Å². The van der Waals surface area contributed by atoms with Gasteiger partial charge in [0, 0.05) is 0 Å². The molecular weight excluding hydrogens is 230 g/mol. The molecule has 0 aliphatic heterocycles. The van der Waals surface area contributed by atoms with E-state index in [1.807, 2.05) is 0 Å². The Kier molecular flexibility index (Phi) is 698. The Bertz CT molecular complexity index is 32.0. The summed E-state index contributed by atoms with van der Waals surface area (Å²) in [6.45, 7) is 0. The Hall–Kier alpha value is -0.618. The summed E-state index contributed by atoms with van der Waals surface area (Å²) < 4.78 is 0. The molecule has 0 aliphatic carbocycles. The molecule has 0 aromatic rings. The summed E-state index contributed by atoms with van der Waals surface area (Å²) in [6.07, 6.45) is 0. The van der Waals surface area contributed by atoms with E-state index in [1.54, 1.807) is 0 Å². The molecule has 9 heteroatoms. The summed E-state index contributed by atoms with van der Waals surface area (Å²) in [4.78, 5) is 16.0. The maximum absolute atomic E-state index is 8.00. The molecule has 0 aromatic heterocycles. The molecular formula is H4N2O6Pd. The van der Waals surface area contributed by atoms with Crippen LogP contribution in [0, 0.1) is 20.2 Å². The summed E-state index contributed by atoms with van der Waals surface area (Å²) in [5.74, 6) is 0. The number of rotatable bonds is 0. The van der Waals surface area contributed by atoms with E-state index in [0.29, 0.717) is 0 Å². The maximum Gasteiger partial charge on any atom is 2.00 e. The van der Waals surface area contributed by atoms with Gasteiger partial charge in [-0.1, -0.05) is 0 Å². The van der Waals surface area contributed by atoms with Crippen LogP contribution in [-0.4, -0.2) is 11.0 Å². The van der Waals surface area contributed by atoms with Crippen LogP contribution in [0.15, 0.2) is 10.7 Å². The second kappa shape index (κ2) is 157. The van der Waals surface area contributed by atoms with Crippen molar-refractivity contribution in [3.63, 3.8) is 0 Å². The Morgan fingerprint density at radius 3 is 0.889 bits per heavy atom. The van der Waals surface area contributed by atoms with Crippen molar-refractivity contribution in [3.05, 3.63) is 20.2 Å². The normalized spacial score (nSPS) is 2.67. The summed E-state index contributed by atoms with van der Waals surface area (Å²) in [5, 5.41) is 18.0. The van der Waals surface area contributed by atoms with Crippen LogP contribution in [0.2, 0.25) is 0 Å². The van der Waals surface area contributed by atoms with Gasteiger partial charge in [0.2, 0.25) is 0 Å². The molecule has 60 valence electrons. The van der Waals surface area contributed by atoms with Crippen molar-refractivity contribution >= 4 is 0 Å². The van der Waals surface area contributed by atoms with E-state index in [0.717, 1.165) is 10.7 Å². The maximum atomic E-state index is 8.00. The largest absolute Gasteiger partial charge is 2.00 e. The molecule has 0 aliphatic rings. The van der Waals surface area contributed by atoms with Gasteiger partial charge in [0.1, 0.15) is 0 Å².